The van der Waals surface area contributed by atoms with Gasteiger partial charge in [-0.3, -0.25) is 5.43 Å². The molecule has 0 aliphatic carbocycles. The van der Waals surface area contributed by atoms with E-state index in [1.807, 2.05) is 30.3 Å². The van der Waals surface area contributed by atoms with Gasteiger partial charge in [0.05, 0.1) is 6.61 Å². The summed E-state index contributed by atoms with van der Waals surface area (Å²) < 4.78 is 0. The van der Waals surface area contributed by atoms with Gasteiger partial charge in [0, 0.05) is 5.56 Å². The molecule has 1 aliphatic heterocycles. The van der Waals surface area contributed by atoms with Gasteiger partial charge in [0.1, 0.15) is 34.8 Å². The van der Waals surface area contributed by atoms with Gasteiger partial charge in [-0.15, -0.1) is 0 Å². The molecule has 6 N–H and O–H groups in total. The van der Waals surface area contributed by atoms with Crippen molar-refractivity contribution in [1.29, 1.82) is 0 Å². The van der Waals surface area contributed by atoms with E-state index in [9.17, 15) is 20.4 Å². The number of nitrogens with zero attached hydrogens (tertiary/aromatic N) is 1. The lowest BCUT2D eigenvalue weighted by atomic mass is 10.0. The number of aliphatic hydroxyl groups is 5. The van der Waals surface area contributed by atoms with Gasteiger partial charge in [-0.1, -0.05) is 42.1 Å². The van der Waals surface area contributed by atoms with Crippen LogP contribution in [0.1, 0.15) is 5.56 Å². The average molecular weight is 314 g/mol. The number of aliphatic hydroxyl groups excluding tert-OH is 5. The van der Waals surface area contributed by atoms with E-state index in [0.717, 1.165) is 5.56 Å². The zero-order valence-corrected chi connectivity index (χ0v) is 11.9. The van der Waals surface area contributed by atoms with Crippen molar-refractivity contribution in [2.45, 2.75) is 29.8 Å². The highest BCUT2D eigenvalue weighted by Crippen LogP contribution is 2.26. The minimum absolute atomic E-state index is 0.657. The van der Waals surface area contributed by atoms with Crippen molar-refractivity contribution >= 4 is 16.8 Å². The van der Waals surface area contributed by atoms with Crippen molar-refractivity contribution in [3.8, 4) is 0 Å². The Kier molecular flexibility index (Phi) is 5.57. The molecule has 7 nitrogen and oxygen atoms in total. The molecule has 0 unspecified atom stereocenters. The fourth-order valence-electron chi connectivity index (χ4n) is 1.87. The Morgan fingerprint density at radius 1 is 1.10 bits per heavy atom. The molecule has 0 saturated carbocycles. The van der Waals surface area contributed by atoms with Crippen LogP contribution < -0.4 is 5.43 Å². The van der Waals surface area contributed by atoms with Crippen LogP contribution in [-0.2, 0) is 0 Å². The molecule has 0 radical (unpaired) electrons. The van der Waals surface area contributed by atoms with Crippen molar-refractivity contribution < 1.29 is 25.5 Å². The van der Waals surface area contributed by atoms with Crippen molar-refractivity contribution in [3.05, 3.63) is 35.9 Å². The van der Waals surface area contributed by atoms with Crippen LogP contribution in [0.15, 0.2) is 35.4 Å². The van der Waals surface area contributed by atoms with Gasteiger partial charge >= 0.3 is 0 Å². The van der Waals surface area contributed by atoms with Crippen LogP contribution in [0.3, 0.4) is 0 Å². The van der Waals surface area contributed by atoms with Gasteiger partial charge in [-0.05, 0) is 0 Å². The summed E-state index contributed by atoms with van der Waals surface area (Å²) in [5, 5.41) is 51.6. The van der Waals surface area contributed by atoms with Crippen LogP contribution >= 0.6 is 11.8 Å². The van der Waals surface area contributed by atoms with Gasteiger partial charge in [0.15, 0.2) is 0 Å². The van der Waals surface area contributed by atoms with Crippen molar-refractivity contribution in [3.63, 3.8) is 0 Å². The monoisotopic (exact) mass is 314 g/mol. The minimum atomic E-state index is -1.65. The Hall–Kier alpha value is -1.16. The summed E-state index contributed by atoms with van der Waals surface area (Å²) in [4.78, 5) is 0. The van der Waals surface area contributed by atoms with Crippen LogP contribution in [0.25, 0.3) is 0 Å². The Labute approximate surface area is 125 Å². The van der Waals surface area contributed by atoms with E-state index in [1.54, 1.807) is 0 Å². The molecule has 8 heteroatoms. The van der Waals surface area contributed by atoms with Crippen LogP contribution in [0.5, 0.6) is 0 Å². The normalized spacial score (nSPS) is 23.9. The van der Waals surface area contributed by atoms with Gasteiger partial charge in [0.25, 0.3) is 0 Å². The van der Waals surface area contributed by atoms with E-state index in [0.29, 0.717) is 5.04 Å². The third kappa shape index (κ3) is 3.73. The maximum atomic E-state index is 10.0. The van der Waals surface area contributed by atoms with E-state index < -0.39 is 36.4 Å². The topological polar surface area (TPSA) is 126 Å². The molecule has 0 bridgehead atoms. The highest BCUT2D eigenvalue weighted by molar-refractivity contribution is 8.15. The lowest BCUT2D eigenvalue weighted by molar-refractivity contribution is -0.116. The molecule has 5 atom stereocenters. The summed E-state index contributed by atoms with van der Waals surface area (Å²) >= 11 is 1.21. The third-order valence-corrected chi connectivity index (χ3v) is 4.33. The third-order valence-electron chi connectivity index (χ3n) is 3.14. The SMILES string of the molecule is OC[C@H](O)[C@H](O)[C@@H](O)[C@H](O)[C@@H]1NN=C(c2ccccc2)S1. The molecule has 0 spiro atoms. The van der Waals surface area contributed by atoms with Crippen LogP contribution in [-0.4, -0.2) is 67.0 Å². The second-order valence-electron chi connectivity index (χ2n) is 4.67. The maximum absolute atomic E-state index is 10.0. The summed E-state index contributed by atoms with van der Waals surface area (Å²) in [6.07, 6.45) is -6.14. The number of thioether (sulfide) groups is 1. The molecule has 1 aliphatic rings. The second kappa shape index (κ2) is 7.21. The van der Waals surface area contributed by atoms with E-state index in [2.05, 4.69) is 10.5 Å². The van der Waals surface area contributed by atoms with Crippen molar-refractivity contribution in [1.82, 2.24) is 5.43 Å². The van der Waals surface area contributed by atoms with Crippen LogP contribution in [0, 0.1) is 0 Å². The first-order chi connectivity index (χ1) is 10.0. The summed E-state index contributed by atoms with van der Waals surface area (Å²) in [6.45, 7) is -0.706. The number of nitrogens with one attached hydrogen (secondary N) is 1. The minimum Gasteiger partial charge on any atom is -0.394 e. The lowest BCUT2D eigenvalue weighted by Crippen LogP contribution is -2.51. The molecule has 0 saturated heterocycles. The Bertz CT molecular complexity index is 487. The van der Waals surface area contributed by atoms with E-state index in [-0.39, 0.29) is 0 Å². The number of hydrazone groups is 1. The molecule has 116 valence electrons. The summed E-state index contributed by atoms with van der Waals surface area (Å²) in [5.41, 5.74) is 3.55. The summed E-state index contributed by atoms with van der Waals surface area (Å²) in [5.74, 6) is 0. The maximum Gasteiger partial charge on any atom is 0.125 e. The second-order valence-corrected chi connectivity index (χ2v) is 5.80. The molecular weight excluding hydrogens is 296 g/mol. The molecule has 21 heavy (non-hydrogen) atoms. The lowest BCUT2D eigenvalue weighted by Gasteiger charge is -2.28. The Balaban J connectivity index is 1.96. The fourth-order valence-corrected chi connectivity index (χ4v) is 2.90. The average Bonchev–Trinajstić information content (AvgIpc) is 3.02. The molecule has 2 rings (SSSR count). The van der Waals surface area contributed by atoms with Gasteiger partial charge in [-0.25, -0.2) is 0 Å². The summed E-state index contributed by atoms with van der Waals surface area (Å²) in [7, 11) is 0. The highest BCUT2D eigenvalue weighted by atomic mass is 32.2. The van der Waals surface area contributed by atoms with Gasteiger partial charge < -0.3 is 25.5 Å². The zero-order chi connectivity index (χ0) is 15.4. The number of benzene rings is 1. The molecular formula is C13H18N2O5S. The first kappa shape index (κ1) is 16.2. The Morgan fingerprint density at radius 3 is 2.38 bits per heavy atom. The predicted molar refractivity (Wildman–Crippen MR) is 78.6 cm³/mol. The molecule has 0 fully saturated rings. The molecule has 1 aromatic carbocycles. The molecule has 1 heterocycles. The first-order valence-corrected chi connectivity index (χ1v) is 7.31. The molecule has 0 aromatic heterocycles. The zero-order valence-electron chi connectivity index (χ0n) is 11.1. The van der Waals surface area contributed by atoms with Crippen LogP contribution in [0.2, 0.25) is 0 Å². The number of hydrogen-bond donors (Lipinski definition) is 6. The number of rotatable bonds is 6. The number of hydrogen-bond acceptors (Lipinski definition) is 8. The van der Waals surface area contributed by atoms with Gasteiger partial charge in [-0.2, -0.15) is 5.10 Å². The van der Waals surface area contributed by atoms with Gasteiger partial charge in [0.2, 0.25) is 0 Å². The van der Waals surface area contributed by atoms with Crippen molar-refractivity contribution in [2.24, 2.45) is 5.10 Å². The summed E-state index contributed by atoms with van der Waals surface area (Å²) in [6, 6.07) is 9.32. The fraction of sp³-hybridized carbons (Fsp3) is 0.462. The molecule has 0 amide bonds. The van der Waals surface area contributed by atoms with Crippen LogP contribution in [0.4, 0.5) is 0 Å². The first-order valence-electron chi connectivity index (χ1n) is 6.43. The standard InChI is InChI=1S/C13H18N2O5S/c16-6-8(17)9(18)10(19)11(20)13-15-14-12(21-13)7-4-2-1-3-5-7/h1-5,8-11,13,15-20H,6H2/t8-,9-,10+,11-,13+/m0/s1. The predicted octanol–water partition coefficient (Wildman–Crippen LogP) is -1.55. The van der Waals surface area contributed by atoms with E-state index >= 15 is 0 Å². The smallest absolute Gasteiger partial charge is 0.125 e. The Morgan fingerprint density at radius 2 is 1.76 bits per heavy atom. The largest absolute Gasteiger partial charge is 0.394 e. The van der Waals surface area contributed by atoms with Crippen molar-refractivity contribution in [2.75, 3.05) is 6.61 Å². The highest BCUT2D eigenvalue weighted by Gasteiger charge is 2.37. The molecule has 1 aromatic rings. The van der Waals surface area contributed by atoms with E-state index in [4.69, 9.17) is 5.11 Å². The quantitative estimate of drug-likeness (QED) is 0.375. The van der Waals surface area contributed by atoms with E-state index in [1.165, 1.54) is 11.8 Å².